The van der Waals surface area contributed by atoms with Gasteiger partial charge in [0.05, 0.1) is 0 Å². The quantitative estimate of drug-likeness (QED) is 0.739. The van der Waals surface area contributed by atoms with Gasteiger partial charge in [0.1, 0.15) is 5.82 Å². The molecule has 1 N–H and O–H groups in total. The lowest BCUT2D eigenvalue weighted by Gasteiger charge is -2.23. The Bertz CT molecular complexity index is 301. The van der Waals surface area contributed by atoms with Crippen LogP contribution in [0.3, 0.4) is 0 Å². The highest BCUT2D eigenvalue weighted by Crippen LogP contribution is 2.16. The summed E-state index contributed by atoms with van der Waals surface area (Å²) in [7, 11) is 0. The molecule has 1 aromatic rings. The van der Waals surface area contributed by atoms with E-state index in [9.17, 15) is 4.39 Å². The molecule has 0 heterocycles. The summed E-state index contributed by atoms with van der Waals surface area (Å²) in [4.78, 5) is 0. The van der Waals surface area contributed by atoms with Crippen molar-refractivity contribution < 1.29 is 4.39 Å². The molecule has 0 amide bonds. The van der Waals surface area contributed by atoms with E-state index in [1.807, 2.05) is 12.1 Å². The lowest BCUT2D eigenvalue weighted by Crippen LogP contribution is -2.31. The summed E-state index contributed by atoms with van der Waals surface area (Å²) in [6.45, 7) is 6.57. The van der Waals surface area contributed by atoms with Gasteiger partial charge >= 0.3 is 0 Å². The minimum absolute atomic E-state index is 0.167. The fourth-order valence-electron chi connectivity index (χ4n) is 2.21. The number of benzene rings is 1. The summed E-state index contributed by atoms with van der Waals surface area (Å²) < 4.78 is 12.8. The Morgan fingerprint density at radius 2 is 1.59 bits per heavy atom. The van der Waals surface area contributed by atoms with Crippen LogP contribution in [0.1, 0.15) is 58.1 Å². The van der Waals surface area contributed by atoms with Gasteiger partial charge < -0.3 is 5.32 Å². The van der Waals surface area contributed by atoms with Crippen molar-refractivity contribution in [1.29, 1.82) is 0 Å². The van der Waals surface area contributed by atoms with E-state index in [1.165, 1.54) is 37.8 Å². The van der Waals surface area contributed by atoms with Crippen LogP contribution in [0.5, 0.6) is 0 Å². The van der Waals surface area contributed by atoms with Crippen LogP contribution in [-0.2, 0) is 0 Å². The molecule has 1 atom stereocenters. The van der Waals surface area contributed by atoms with Gasteiger partial charge in [-0.15, -0.1) is 0 Å². The molecule has 0 saturated carbocycles. The maximum atomic E-state index is 12.8. The molecule has 1 rings (SSSR count). The third-order valence-electron chi connectivity index (χ3n) is 3.13. The van der Waals surface area contributed by atoms with Gasteiger partial charge in [0.2, 0.25) is 0 Å². The second kappa shape index (κ2) is 7.44. The van der Waals surface area contributed by atoms with Crippen LogP contribution in [0.4, 0.5) is 4.39 Å². The first kappa shape index (κ1) is 14.2. The first-order chi connectivity index (χ1) is 8.17. The largest absolute Gasteiger partial charge is 0.307 e. The first-order valence-electron chi connectivity index (χ1n) is 6.68. The molecule has 0 aliphatic carbocycles. The Hall–Kier alpha value is -0.890. The van der Waals surface area contributed by atoms with Crippen molar-refractivity contribution in [3.8, 4) is 0 Å². The van der Waals surface area contributed by atoms with Gasteiger partial charge in [-0.05, 0) is 37.5 Å². The van der Waals surface area contributed by atoms with Crippen molar-refractivity contribution in [3.05, 3.63) is 35.6 Å². The molecule has 0 aromatic heterocycles. The van der Waals surface area contributed by atoms with E-state index in [1.54, 1.807) is 0 Å². The van der Waals surface area contributed by atoms with Gasteiger partial charge in [0, 0.05) is 12.1 Å². The number of nitrogens with one attached hydrogen (secondary N) is 1. The number of halogens is 1. The van der Waals surface area contributed by atoms with Crippen molar-refractivity contribution in [2.24, 2.45) is 0 Å². The lowest BCUT2D eigenvalue weighted by molar-refractivity contribution is 0.402. The van der Waals surface area contributed by atoms with Crippen LogP contribution < -0.4 is 5.32 Å². The monoisotopic (exact) mass is 237 g/mol. The van der Waals surface area contributed by atoms with Crippen molar-refractivity contribution in [3.63, 3.8) is 0 Å². The summed E-state index contributed by atoms with van der Waals surface area (Å²) in [6.07, 6.45) is 4.82. The molecule has 0 saturated heterocycles. The fourth-order valence-corrected chi connectivity index (χ4v) is 2.21. The van der Waals surface area contributed by atoms with Crippen LogP contribution in [0.15, 0.2) is 24.3 Å². The average molecular weight is 237 g/mol. The van der Waals surface area contributed by atoms with Gasteiger partial charge in [-0.2, -0.15) is 0 Å². The summed E-state index contributed by atoms with van der Waals surface area (Å²) >= 11 is 0. The topological polar surface area (TPSA) is 12.0 Å². The molecule has 0 unspecified atom stereocenters. The van der Waals surface area contributed by atoms with Crippen LogP contribution in [0, 0.1) is 5.82 Å². The molecule has 17 heavy (non-hydrogen) atoms. The van der Waals surface area contributed by atoms with E-state index >= 15 is 0 Å². The molecule has 0 bridgehead atoms. The molecule has 0 spiro atoms. The molecule has 0 aliphatic rings. The molecule has 0 radical (unpaired) electrons. The van der Waals surface area contributed by atoms with Crippen LogP contribution in [0.25, 0.3) is 0 Å². The fraction of sp³-hybridized carbons (Fsp3) is 0.600. The molecule has 96 valence electrons. The molecule has 2 heteroatoms. The zero-order chi connectivity index (χ0) is 12.7. The van der Waals surface area contributed by atoms with Gasteiger partial charge in [0.15, 0.2) is 0 Å². The summed E-state index contributed by atoms with van der Waals surface area (Å²) in [5, 5.41) is 3.63. The molecule has 0 fully saturated rings. The summed E-state index contributed by atoms with van der Waals surface area (Å²) in [6, 6.07) is 7.65. The van der Waals surface area contributed by atoms with E-state index in [0.717, 1.165) is 5.56 Å². The highest BCUT2D eigenvalue weighted by molar-refractivity contribution is 5.19. The maximum Gasteiger partial charge on any atom is 0.123 e. The molecular formula is C15H24FN. The van der Waals surface area contributed by atoms with E-state index in [0.29, 0.717) is 12.1 Å². The number of hydrogen-bond donors (Lipinski definition) is 1. The first-order valence-corrected chi connectivity index (χ1v) is 6.68. The minimum atomic E-state index is -0.167. The Balaban J connectivity index is 2.56. The Labute approximate surface area is 104 Å². The smallest absolute Gasteiger partial charge is 0.123 e. The van der Waals surface area contributed by atoms with E-state index in [-0.39, 0.29) is 5.82 Å². The van der Waals surface area contributed by atoms with E-state index < -0.39 is 0 Å². The Morgan fingerprint density at radius 1 is 1.06 bits per heavy atom. The predicted molar refractivity (Wildman–Crippen MR) is 71.6 cm³/mol. The van der Waals surface area contributed by atoms with Gasteiger partial charge in [-0.25, -0.2) is 4.39 Å². The molecule has 1 nitrogen and oxygen atoms in total. The van der Waals surface area contributed by atoms with Crippen molar-refractivity contribution in [2.45, 2.75) is 58.5 Å². The zero-order valence-electron chi connectivity index (χ0n) is 11.2. The zero-order valence-corrected chi connectivity index (χ0v) is 11.2. The van der Waals surface area contributed by atoms with Crippen molar-refractivity contribution in [1.82, 2.24) is 5.32 Å². The number of hydrogen-bond acceptors (Lipinski definition) is 1. The van der Waals surface area contributed by atoms with Gasteiger partial charge in [-0.3, -0.25) is 0 Å². The van der Waals surface area contributed by atoms with Gasteiger partial charge in [-0.1, -0.05) is 38.8 Å². The highest BCUT2D eigenvalue weighted by atomic mass is 19.1. The molecular weight excluding hydrogens is 213 g/mol. The Morgan fingerprint density at radius 3 is 2.06 bits per heavy atom. The van der Waals surface area contributed by atoms with Crippen LogP contribution in [0.2, 0.25) is 0 Å². The van der Waals surface area contributed by atoms with E-state index in [4.69, 9.17) is 0 Å². The third-order valence-corrected chi connectivity index (χ3v) is 3.13. The minimum Gasteiger partial charge on any atom is -0.307 e. The average Bonchev–Trinajstić information content (AvgIpc) is 2.30. The summed E-state index contributed by atoms with van der Waals surface area (Å²) in [5.41, 5.74) is 1.16. The van der Waals surface area contributed by atoms with Crippen molar-refractivity contribution >= 4 is 0 Å². The second-order valence-corrected chi connectivity index (χ2v) is 4.71. The standard InChI is InChI=1S/C15H24FN/c1-4-6-15(7-5-2)17-12(3)13-8-10-14(16)11-9-13/h8-12,15,17H,4-7H2,1-3H3/t12-/m1/s1. The second-order valence-electron chi connectivity index (χ2n) is 4.71. The Kier molecular flexibility index (Phi) is 6.20. The van der Waals surface area contributed by atoms with Gasteiger partial charge in [0.25, 0.3) is 0 Å². The normalized spacial score (nSPS) is 13.0. The number of rotatable bonds is 7. The third kappa shape index (κ3) is 4.86. The lowest BCUT2D eigenvalue weighted by atomic mass is 10.0. The molecule has 1 aromatic carbocycles. The van der Waals surface area contributed by atoms with Crippen LogP contribution >= 0.6 is 0 Å². The van der Waals surface area contributed by atoms with Crippen molar-refractivity contribution in [2.75, 3.05) is 0 Å². The highest BCUT2D eigenvalue weighted by Gasteiger charge is 2.11. The molecule has 0 aliphatic heterocycles. The van der Waals surface area contributed by atoms with Crippen LogP contribution in [-0.4, -0.2) is 6.04 Å². The van der Waals surface area contributed by atoms with E-state index in [2.05, 4.69) is 26.1 Å². The predicted octanol–water partition coefficient (Wildman–Crippen LogP) is 4.45. The SMILES string of the molecule is CCCC(CCC)N[C@H](C)c1ccc(F)cc1. The summed E-state index contributed by atoms with van der Waals surface area (Å²) in [5.74, 6) is -0.167. The maximum absolute atomic E-state index is 12.8.